The highest BCUT2D eigenvalue weighted by atomic mass is 16.5. The van der Waals surface area contributed by atoms with Crippen LogP contribution in [0.5, 0.6) is 0 Å². The van der Waals surface area contributed by atoms with Gasteiger partial charge in [0, 0.05) is 76.6 Å². The molecule has 1 aliphatic carbocycles. The SMILES string of the molecule is CC(=O)N1CCc2c(c(C3=CC=CC4C(=O)N(c5cnn(C)c5)CCC34)nn2C2CCOCC2)C1. The Morgan fingerprint density at radius 3 is 2.74 bits per heavy atom. The molecule has 2 unspecified atom stereocenters. The Balaban J connectivity index is 1.36. The van der Waals surface area contributed by atoms with Crippen LogP contribution in [0.15, 0.2) is 30.6 Å². The number of hydrogen-bond donors (Lipinski definition) is 0. The number of aromatic nitrogens is 4. The van der Waals surface area contributed by atoms with E-state index in [9.17, 15) is 9.59 Å². The molecule has 2 saturated heterocycles. The van der Waals surface area contributed by atoms with Gasteiger partial charge in [-0.3, -0.25) is 19.0 Å². The second kappa shape index (κ2) is 8.78. The maximum atomic E-state index is 13.5. The summed E-state index contributed by atoms with van der Waals surface area (Å²) in [5, 5.41) is 9.46. The van der Waals surface area contributed by atoms with Gasteiger partial charge in [0.05, 0.1) is 29.5 Å². The lowest BCUT2D eigenvalue weighted by molar-refractivity contribution is -0.129. The third kappa shape index (κ3) is 3.82. The topological polar surface area (TPSA) is 85.5 Å². The van der Waals surface area contributed by atoms with E-state index in [0.29, 0.717) is 19.1 Å². The van der Waals surface area contributed by atoms with Crippen LogP contribution in [-0.4, -0.2) is 62.6 Å². The van der Waals surface area contributed by atoms with Crippen molar-refractivity contribution in [2.45, 2.75) is 45.2 Å². The van der Waals surface area contributed by atoms with Crippen LogP contribution in [0.4, 0.5) is 5.69 Å². The summed E-state index contributed by atoms with van der Waals surface area (Å²) < 4.78 is 9.56. The maximum absolute atomic E-state index is 13.5. The lowest BCUT2D eigenvalue weighted by atomic mass is 9.75. The summed E-state index contributed by atoms with van der Waals surface area (Å²) in [4.78, 5) is 29.6. The van der Waals surface area contributed by atoms with Gasteiger partial charge in [-0.15, -0.1) is 0 Å². The van der Waals surface area contributed by atoms with Gasteiger partial charge in [0.2, 0.25) is 11.8 Å². The zero-order chi connectivity index (χ0) is 24.1. The molecule has 9 nitrogen and oxygen atoms in total. The summed E-state index contributed by atoms with van der Waals surface area (Å²) in [5.74, 6) is 0.0607. The quantitative estimate of drug-likeness (QED) is 0.680. The average Bonchev–Trinajstić information content (AvgIpc) is 3.48. The lowest BCUT2D eigenvalue weighted by Gasteiger charge is -2.38. The van der Waals surface area contributed by atoms with Gasteiger partial charge in [0.25, 0.3) is 0 Å². The standard InChI is InChI=1S/C26H32N6O3/c1-17(33)30-10-7-24-23(16-30)25(28-32(24)18-8-12-35-13-9-18)21-4-3-5-22-20(21)6-11-31(26(22)34)19-14-27-29(2)15-19/h3-5,14-15,18,20,22H,6-13,16H2,1-2H3. The monoisotopic (exact) mass is 476 g/mol. The van der Waals surface area contributed by atoms with E-state index in [1.165, 1.54) is 5.69 Å². The van der Waals surface area contributed by atoms with E-state index in [0.717, 1.165) is 68.0 Å². The molecule has 4 aliphatic rings. The van der Waals surface area contributed by atoms with Crippen molar-refractivity contribution in [2.24, 2.45) is 18.9 Å². The number of anilines is 1. The predicted octanol–water partition coefficient (Wildman–Crippen LogP) is 2.50. The number of hydrogen-bond acceptors (Lipinski definition) is 5. The molecular formula is C26H32N6O3. The molecule has 0 aromatic carbocycles. The summed E-state index contributed by atoms with van der Waals surface area (Å²) in [7, 11) is 1.87. The molecule has 3 aliphatic heterocycles. The number of nitrogens with zero attached hydrogens (tertiary/aromatic N) is 6. The molecule has 2 fully saturated rings. The highest BCUT2D eigenvalue weighted by Crippen LogP contribution is 2.43. The molecule has 0 saturated carbocycles. The minimum atomic E-state index is -0.222. The van der Waals surface area contributed by atoms with Gasteiger partial charge >= 0.3 is 0 Å². The number of rotatable bonds is 3. The fraction of sp³-hybridized carbons (Fsp3) is 0.538. The van der Waals surface area contributed by atoms with Crippen molar-refractivity contribution < 1.29 is 14.3 Å². The summed E-state index contributed by atoms with van der Waals surface area (Å²) in [6.07, 6.45) is 13.4. The number of ether oxygens (including phenoxy) is 1. The first-order chi connectivity index (χ1) is 17.0. The highest BCUT2D eigenvalue weighted by Gasteiger charge is 2.41. The van der Waals surface area contributed by atoms with Crippen molar-refractivity contribution in [1.82, 2.24) is 24.5 Å². The molecule has 2 aromatic heterocycles. The second-order valence-electron chi connectivity index (χ2n) is 10.0. The van der Waals surface area contributed by atoms with E-state index in [4.69, 9.17) is 9.84 Å². The first-order valence-electron chi connectivity index (χ1n) is 12.6. The van der Waals surface area contributed by atoms with Crippen LogP contribution in [0.1, 0.15) is 49.2 Å². The van der Waals surface area contributed by atoms with E-state index >= 15 is 0 Å². The molecule has 2 amide bonds. The molecule has 9 heteroatoms. The van der Waals surface area contributed by atoms with Crippen LogP contribution in [-0.2, 0) is 34.3 Å². The Morgan fingerprint density at radius 1 is 1.17 bits per heavy atom. The highest BCUT2D eigenvalue weighted by molar-refractivity contribution is 5.99. The van der Waals surface area contributed by atoms with Gasteiger partial charge < -0.3 is 14.5 Å². The van der Waals surface area contributed by atoms with Gasteiger partial charge in [-0.25, -0.2) is 0 Å². The minimum absolute atomic E-state index is 0.0789. The van der Waals surface area contributed by atoms with Gasteiger partial charge in [-0.1, -0.05) is 18.2 Å². The third-order valence-corrected chi connectivity index (χ3v) is 7.99. The van der Waals surface area contributed by atoms with Crippen LogP contribution in [0.3, 0.4) is 0 Å². The molecule has 0 spiro atoms. The van der Waals surface area contributed by atoms with Gasteiger partial charge in [-0.2, -0.15) is 10.2 Å². The Hall–Kier alpha value is -3.20. The van der Waals surface area contributed by atoms with Crippen molar-refractivity contribution >= 4 is 23.1 Å². The van der Waals surface area contributed by atoms with Crippen LogP contribution < -0.4 is 4.90 Å². The van der Waals surface area contributed by atoms with Gasteiger partial charge in [0.15, 0.2) is 0 Å². The Morgan fingerprint density at radius 2 is 2.00 bits per heavy atom. The van der Waals surface area contributed by atoms with Crippen LogP contribution in [0.25, 0.3) is 5.57 Å². The number of fused-ring (bicyclic) bond motifs is 2. The van der Waals surface area contributed by atoms with Gasteiger partial charge in [0.1, 0.15) is 0 Å². The minimum Gasteiger partial charge on any atom is -0.381 e. The van der Waals surface area contributed by atoms with Crippen molar-refractivity contribution in [1.29, 1.82) is 0 Å². The summed E-state index contributed by atoms with van der Waals surface area (Å²) in [5.41, 5.74) is 5.35. The van der Waals surface area contributed by atoms with E-state index < -0.39 is 0 Å². The van der Waals surface area contributed by atoms with E-state index in [-0.39, 0.29) is 23.7 Å². The number of allylic oxidation sites excluding steroid dienone is 3. The molecule has 5 heterocycles. The van der Waals surface area contributed by atoms with Gasteiger partial charge in [-0.05, 0) is 24.8 Å². The maximum Gasteiger partial charge on any atom is 0.234 e. The zero-order valence-electron chi connectivity index (χ0n) is 20.4. The average molecular weight is 477 g/mol. The fourth-order valence-corrected chi connectivity index (χ4v) is 6.11. The second-order valence-corrected chi connectivity index (χ2v) is 10.0. The Labute approximate surface area is 205 Å². The Kier molecular flexibility index (Phi) is 5.59. The molecule has 35 heavy (non-hydrogen) atoms. The smallest absolute Gasteiger partial charge is 0.234 e. The zero-order valence-corrected chi connectivity index (χ0v) is 20.4. The molecule has 2 aromatic rings. The number of aryl methyl sites for hydroxylation is 1. The van der Waals surface area contributed by atoms with Crippen LogP contribution in [0, 0.1) is 11.8 Å². The molecule has 2 atom stereocenters. The lowest BCUT2D eigenvalue weighted by Crippen LogP contribution is -2.46. The number of amides is 2. The molecule has 0 radical (unpaired) electrons. The summed E-state index contributed by atoms with van der Waals surface area (Å²) in [6, 6.07) is 0.319. The first kappa shape index (κ1) is 22.3. The van der Waals surface area contributed by atoms with E-state index in [2.05, 4.69) is 15.9 Å². The molecular weight excluding hydrogens is 444 g/mol. The molecule has 0 N–H and O–H groups in total. The van der Waals surface area contributed by atoms with Crippen molar-refractivity contribution in [3.63, 3.8) is 0 Å². The number of carbonyl (C=O) groups is 2. The molecule has 0 bridgehead atoms. The predicted molar refractivity (Wildman–Crippen MR) is 130 cm³/mol. The summed E-state index contributed by atoms with van der Waals surface area (Å²) >= 11 is 0. The fourth-order valence-electron chi connectivity index (χ4n) is 6.11. The van der Waals surface area contributed by atoms with E-state index in [1.807, 2.05) is 35.2 Å². The first-order valence-corrected chi connectivity index (χ1v) is 12.6. The number of piperidine rings is 1. The van der Waals surface area contributed by atoms with Crippen molar-refractivity contribution in [3.8, 4) is 0 Å². The van der Waals surface area contributed by atoms with E-state index in [1.54, 1.807) is 17.8 Å². The molecule has 184 valence electrons. The third-order valence-electron chi connectivity index (χ3n) is 7.99. The normalized spacial score (nSPS) is 24.9. The van der Waals surface area contributed by atoms with Crippen LogP contribution >= 0.6 is 0 Å². The molecule has 6 rings (SSSR count). The Bertz CT molecular complexity index is 1220. The largest absolute Gasteiger partial charge is 0.381 e. The number of carbonyl (C=O) groups excluding carboxylic acids is 2. The summed E-state index contributed by atoms with van der Waals surface area (Å²) in [6.45, 7) is 5.10. The van der Waals surface area contributed by atoms with Crippen LogP contribution in [0.2, 0.25) is 0 Å². The van der Waals surface area contributed by atoms with Crippen molar-refractivity contribution in [2.75, 3.05) is 31.2 Å². The van der Waals surface area contributed by atoms with Crippen molar-refractivity contribution in [3.05, 3.63) is 47.6 Å².